The molecule has 0 unspecified atom stereocenters. The first-order chi connectivity index (χ1) is 9.18. The number of alkyl halides is 3. The van der Waals surface area contributed by atoms with E-state index < -0.39 is 20.9 Å². The standard InChI is InChI=1S/C14H22F3NOSi/c1-20(2,3)13-6-4-12(5-7-13)10-18-8-9-19-11-14(15,16)17/h4-7,18H,8-11H2,1-3H3. The Kier molecular flexibility index (Phi) is 6.23. The zero-order valence-corrected chi connectivity index (χ0v) is 13.2. The molecule has 0 spiro atoms. The highest BCUT2D eigenvalue weighted by Gasteiger charge is 2.27. The Hall–Kier alpha value is -0.853. The van der Waals surface area contributed by atoms with Gasteiger partial charge in [-0.1, -0.05) is 49.1 Å². The summed E-state index contributed by atoms with van der Waals surface area (Å²) in [5, 5.41) is 4.46. The third-order valence-corrected chi connectivity index (χ3v) is 4.90. The molecule has 0 aliphatic rings. The van der Waals surface area contributed by atoms with Crippen LogP contribution in [-0.2, 0) is 11.3 Å². The summed E-state index contributed by atoms with van der Waals surface area (Å²) >= 11 is 0. The van der Waals surface area contributed by atoms with Crippen LogP contribution in [0.15, 0.2) is 24.3 Å². The van der Waals surface area contributed by atoms with Gasteiger partial charge in [0, 0.05) is 13.1 Å². The van der Waals surface area contributed by atoms with Crippen molar-refractivity contribution in [2.75, 3.05) is 19.8 Å². The Bertz CT molecular complexity index is 398. The second kappa shape index (κ2) is 7.24. The second-order valence-electron chi connectivity index (χ2n) is 5.79. The maximum Gasteiger partial charge on any atom is 0.411 e. The summed E-state index contributed by atoms with van der Waals surface area (Å²) in [6.45, 7) is 6.80. The molecule has 1 aromatic rings. The highest BCUT2D eigenvalue weighted by molar-refractivity contribution is 6.88. The number of hydrogen-bond acceptors (Lipinski definition) is 2. The normalized spacial score (nSPS) is 12.7. The summed E-state index contributed by atoms with van der Waals surface area (Å²) in [5.41, 5.74) is 1.13. The predicted octanol–water partition coefficient (Wildman–Crippen LogP) is 2.90. The molecule has 0 bridgehead atoms. The van der Waals surface area contributed by atoms with E-state index in [9.17, 15) is 13.2 Å². The third kappa shape index (κ3) is 7.07. The molecule has 20 heavy (non-hydrogen) atoms. The lowest BCUT2D eigenvalue weighted by Crippen LogP contribution is -2.37. The second-order valence-corrected chi connectivity index (χ2v) is 10.9. The number of benzene rings is 1. The molecule has 2 nitrogen and oxygen atoms in total. The van der Waals surface area contributed by atoms with E-state index in [0.29, 0.717) is 13.1 Å². The molecule has 1 rings (SSSR count). The highest BCUT2D eigenvalue weighted by atomic mass is 28.3. The van der Waals surface area contributed by atoms with Crippen LogP contribution in [-0.4, -0.2) is 34.0 Å². The van der Waals surface area contributed by atoms with Crippen molar-refractivity contribution in [2.45, 2.75) is 32.4 Å². The number of nitrogens with one attached hydrogen (secondary N) is 1. The molecule has 1 N–H and O–H groups in total. The fourth-order valence-electron chi connectivity index (χ4n) is 1.69. The molecular weight excluding hydrogens is 283 g/mol. The van der Waals surface area contributed by atoms with Gasteiger partial charge in [-0.3, -0.25) is 0 Å². The smallest absolute Gasteiger partial charge is 0.371 e. The van der Waals surface area contributed by atoms with Crippen LogP contribution in [0.4, 0.5) is 13.2 Å². The lowest BCUT2D eigenvalue weighted by atomic mass is 10.2. The van der Waals surface area contributed by atoms with Crippen LogP contribution in [0.5, 0.6) is 0 Å². The molecule has 0 aliphatic carbocycles. The van der Waals surface area contributed by atoms with Crippen molar-refractivity contribution in [1.82, 2.24) is 5.32 Å². The van der Waals surface area contributed by atoms with Crippen molar-refractivity contribution < 1.29 is 17.9 Å². The summed E-state index contributed by atoms with van der Waals surface area (Å²) in [6.07, 6.45) is -4.24. The minimum atomic E-state index is -4.24. The Morgan fingerprint density at radius 1 is 1.10 bits per heavy atom. The van der Waals surface area contributed by atoms with Crippen LogP contribution in [0.25, 0.3) is 0 Å². The average molecular weight is 305 g/mol. The largest absolute Gasteiger partial charge is 0.411 e. The molecule has 0 saturated carbocycles. The maximum atomic E-state index is 11.8. The summed E-state index contributed by atoms with van der Waals surface area (Å²) in [5.74, 6) is 0. The van der Waals surface area contributed by atoms with E-state index in [2.05, 4.69) is 54.0 Å². The Morgan fingerprint density at radius 2 is 1.70 bits per heavy atom. The zero-order valence-electron chi connectivity index (χ0n) is 12.2. The molecule has 0 aliphatic heterocycles. The van der Waals surface area contributed by atoms with Crippen LogP contribution in [0.3, 0.4) is 0 Å². The van der Waals surface area contributed by atoms with Crippen LogP contribution in [0.1, 0.15) is 5.56 Å². The molecule has 0 aromatic heterocycles. The molecule has 6 heteroatoms. The van der Waals surface area contributed by atoms with Gasteiger partial charge >= 0.3 is 6.18 Å². The van der Waals surface area contributed by atoms with Gasteiger partial charge in [0.05, 0.1) is 14.7 Å². The quantitative estimate of drug-likeness (QED) is 0.618. The molecule has 0 radical (unpaired) electrons. The van der Waals surface area contributed by atoms with Crippen LogP contribution in [0, 0.1) is 0 Å². The van der Waals surface area contributed by atoms with Crippen molar-refractivity contribution in [2.24, 2.45) is 0 Å². The Morgan fingerprint density at radius 3 is 2.20 bits per heavy atom. The Labute approximate surface area is 119 Å². The molecule has 0 atom stereocenters. The van der Waals surface area contributed by atoms with E-state index in [4.69, 9.17) is 0 Å². The van der Waals surface area contributed by atoms with Crippen LogP contribution >= 0.6 is 0 Å². The monoisotopic (exact) mass is 305 g/mol. The summed E-state index contributed by atoms with van der Waals surface area (Å²) in [6, 6.07) is 8.42. The molecule has 0 heterocycles. The lowest BCUT2D eigenvalue weighted by Gasteiger charge is -2.16. The van der Waals surface area contributed by atoms with Gasteiger partial charge in [-0.15, -0.1) is 0 Å². The van der Waals surface area contributed by atoms with Crippen molar-refractivity contribution >= 4 is 13.3 Å². The van der Waals surface area contributed by atoms with E-state index in [1.54, 1.807) is 0 Å². The summed E-state index contributed by atoms with van der Waals surface area (Å²) in [7, 11) is -1.27. The topological polar surface area (TPSA) is 21.3 Å². The fourth-order valence-corrected chi connectivity index (χ4v) is 2.85. The van der Waals surface area contributed by atoms with Gasteiger partial charge in [0.25, 0.3) is 0 Å². The van der Waals surface area contributed by atoms with E-state index in [0.717, 1.165) is 5.56 Å². The molecule has 0 fully saturated rings. The molecule has 0 saturated heterocycles. The fraction of sp³-hybridized carbons (Fsp3) is 0.571. The SMILES string of the molecule is C[Si](C)(C)c1ccc(CNCCOCC(F)(F)F)cc1. The van der Waals surface area contributed by atoms with E-state index in [1.807, 2.05) is 0 Å². The molecule has 114 valence electrons. The Balaban J connectivity index is 2.23. The van der Waals surface area contributed by atoms with Crippen molar-refractivity contribution in [3.63, 3.8) is 0 Å². The van der Waals surface area contributed by atoms with Crippen molar-refractivity contribution in [1.29, 1.82) is 0 Å². The maximum absolute atomic E-state index is 11.8. The number of rotatable bonds is 7. The van der Waals surface area contributed by atoms with Gasteiger partial charge in [0.15, 0.2) is 0 Å². The number of halogens is 3. The zero-order chi connectivity index (χ0) is 15.2. The van der Waals surface area contributed by atoms with Crippen molar-refractivity contribution in [3.05, 3.63) is 29.8 Å². The highest BCUT2D eigenvalue weighted by Crippen LogP contribution is 2.13. The molecule has 0 amide bonds. The molecule has 1 aromatic carbocycles. The van der Waals surface area contributed by atoms with E-state index in [1.165, 1.54) is 5.19 Å². The minimum Gasteiger partial charge on any atom is -0.371 e. The van der Waals surface area contributed by atoms with Gasteiger partial charge < -0.3 is 10.1 Å². The van der Waals surface area contributed by atoms with Crippen molar-refractivity contribution in [3.8, 4) is 0 Å². The summed E-state index contributed by atoms with van der Waals surface area (Å²) in [4.78, 5) is 0. The molecular formula is C14H22F3NOSi. The van der Waals surface area contributed by atoms with Gasteiger partial charge in [0.2, 0.25) is 0 Å². The number of ether oxygens (including phenoxy) is 1. The first-order valence-electron chi connectivity index (χ1n) is 6.63. The van der Waals surface area contributed by atoms with Crippen LogP contribution < -0.4 is 10.5 Å². The van der Waals surface area contributed by atoms with Crippen LogP contribution in [0.2, 0.25) is 19.6 Å². The minimum absolute atomic E-state index is 0.0620. The third-order valence-electron chi connectivity index (χ3n) is 2.84. The summed E-state index contributed by atoms with van der Waals surface area (Å²) < 4.78 is 40.0. The number of hydrogen-bond donors (Lipinski definition) is 1. The first-order valence-corrected chi connectivity index (χ1v) is 10.1. The van der Waals surface area contributed by atoms with Gasteiger partial charge in [-0.2, -0.15) is 13.2 Å². The van der Waals surface area contributed by atoms with Gasteiger partial charge in [0.1, 0.15) is 6.61 Å². The van der Waals surface area contributed by atoms with Gasteiger partial charge in [-0.25, -0.2) is 0 Å². The predicted molar refractivity (Wildman–Crippen MR) is 78.0 cm³/mol. The lowest BCUT2D eigenvalue weighted by molar-refractivity contribution is -0.173. The van der Waals surface area contributed by atoms with E-state index >= 15 is 0 Å². The van der Waals surface area contributed by atoms with E-state index in [-0.39, 0.29) is 6.61 Å². The average Bonchev–Trinajstić information content (AvgIpc) is 2.32. The first kappa shape index (κ1) is 17.2. The van der Waals surface area contributed by atoms with Gasteiger partial charge in [-0.05, 0) is 5.56 Å².